The molecule has 1 saturated heterocycles. The van der Waals surface area contributed by atoms with Crippen molar-refractivity contribution >= 4 is 35.5 Å². The number of allylic oxidation sites excluding steroid dienone is 1. The Labute approximate surface area is 201 Å². The van der Waals surface area contributed by atoms with Crippen LogP contribution >= 0.6 is 11.8 Å². The normalized spacial score (nSPS) is 21.9. The topological polar surface area (TPSA) is 144 Å². The summed E-state index contributed by atoms with van der Waals surface area (Å²) < 4.78 is 15.0. The molecule has 10 nitrogen and oxygen atoms in total. The highest BCUT2D eigenvalue weighted by Gasteiger charge is 2.44. The van der Waals surface area contributed by atoms with E-state index in [1.807, 2.05) is 0 Å². The molecule has 1 fully saturated rings. The number of methoxy groups -OCH3 is 2. The molecule has 11 heteroatoms. The number of amides is 2. The Hall–Kier alpha value is -3.36. The molecule has 0 aromatic heterocycles. The number of carbonyl (C=O) groups excluding carboxylic acids is 4. The second-order valence-corrected chi connectivity index (χ2v) is 8.65. The molecule has 1 aromatic carbocycles. The number of hydrogen-bond donors (Lipinski definition) is 2. The van der Waals surface area contributed by atoms with Gasteiger partial charge in [-0.05, 0) is 30.5 Å². The minimum Gasteiger partial charge on any atom is -0.468 e. The van der Waals surface area contributed by atoms with Crippen LogP contribution in [0.25, 0.3) is 0 Å². The average molecular weight is 488 g/mol. The van der Waals surface area contributed by atoms with Gasteiger partial charge in [0.25, 0.3) is 0 Å². The summed E-state index contributed by atoms with van der Waals surface area (Å²) in [5, 5.41) is 15.5. The summed E-state index contributed by atoms with van der Waals surface area (Å²) in [5.74, 6) is -4.55. The summed E-state index contributed by atoms with van der Waals surface area (Å²) in [5.41, 5.74) is 0.870. The molecule has 0 saturated carbocycles. The zero-order chi connectivity index (χ0) is 24.7. The fourth-order valence-corrected chi connectivity index (χ4v) is 4.72. The lowest BCUT2D eigenvalue weighted by Gasteiger charge is -2.31. The Morgan fingerprint density at radius 1 is 1.24 bits per heavy atom. The number of ether oxygens (including phenoxy) is 3. The number of carbonyl (C=O) groups is 4. The summed E-state index contributed by atoms with van der Waals surface area (Å²) >= 11 is 1.00. The van der Waals surface area contributed by atoms with Crippen LogP contribution in [0.1, 0.15) is 34.7 Å². The van der Waals surface area contributed by atoms with Crippen LogP contribution in [0.2, 0.25) is 0 Å². The van der Waals surface area contributed by atoms with Gasteiger partial charge in [-0.15, -0.1) is 0 Å². The maximum atomic E-state index is 12.9. The average Bonchev–Trinajstić information content (AvgIpc) is 3.38. The van der Waals surface area contributed by atoms with Gasteiger partial charge in [0.05, 0.1) is 48.3 Å². The van der Waals surface area contributed by atoms with Crippen molar-refractivity contribution in [3.8, 4) is 6.07 Å². The van der Waals surface area contributed by atoms with E-state index in [9.17, 15) is 24.4 Å². The van der Waals surface area contributed by atoms with E-state index >= 15 is 0 Å². The van der Waals surface area contributed by atoms with Crippen LogP contribution in [0.3, 0.4) is 0 Å². The molecule has 0 spiro atoms. The molecule has 0 aliphatic carbocycles. The van der Waals surface area contributed by atoms with Gasteiger partial charge >= 0.3 is 11.9 Å². The van der Waals surface area contributed by atoms with E-state index in [-0.39, 0.29) is 33.9 Å². The highest BCUT2D eigenvalue weighted by molar-refractivity contribution is 8.03. The molecule has 0 radical (unpaired) electrons. The van der Waals surface area contributed by atoms with E-state index in [1.165, 1.54) is 19.2 Å². The van der Waals surface area contributed by atoms with Crippen molar-refractivity contribution in [1.82, 2.24) is 10.6 Å². The van der Waals surface area contributed by atoms with E-state index < -0.39 is 29.7 Å². The number of esters is 2. The number of nitriles is 1. The highest BCUT2D eigenvalue weighted by Crippen LogP contribution is 2.40. The van der Waals surface area contributed by atoms with Gasteiger partial charge in [0.2, 0.25) is 11.8 Å². The van der Waals surface area contributed by atoms with E-state index in [2.05, 4.69) is 16.7 Å². The quantitative estimate of drug-likeness (QED) is 0.409. The van der Waals surface area contributed by atoms with Crippen LogP contribution in [0.5, 0.6) is 0 Å². The second kappa shape index (κ2) is 11.7. The van der Waals surface area contributed by atoms with Crippen LogP contribution in [0, 0.1) is 17.2 Å². The summed E-state index contributed by atoms with van der Waals surface area (Å²) in [7, 11) is 2.41. The van der Waals surface area contributed by atoms with Crippen molar-refractivity contribution < 1.29 is 33.4 Å². The Balaban J connectivity index is 1.84. The van der Waals surface area contributed by atoms with Gasteiger partial charge in [0.1, 0.15) is 5.92 Å². The van der Waals surface area contributed by atoms with Gasteiger partial charge in [-0.2, -0.15) is 5.26 Å². The fourth-order valence-electron chi connectivity index (χ4n) is 3.85. The van der Waals surface area contributed by atoms with Crippen molar-refractivity contribution in [1.29, 1.82) is 5.26 Å². The third-order valence-corrected chi connectivity index (χ3v) is 6.59. The standard InChI is InChI=1S/C23H25N3O7S/c1-31-22(29)14-7-5-13(6-8-14)18-16(10-24)21(26-20(28)19(18)23(30)32-2)34-12-17(27)25-11-15-4-3-9-33-15/h5-8,15,18-19H,3-4,9,11-12H2,1-2H3,(H,25,27)(H,26,28)/t15-,18-,19-/m1/s1. The molecule has 180 valence electrons. The van der Waals surface area contributed by atoms with Crippen LogP contribution in [0.15, 0.2) is 34.9 Å². The van der Waals surface area contributed by atoms with E-state index in [0.717, 1.165) is 31.7 Å². The summed E-state index contributed by atoms with van der Waals surface area (Å²) in [4.78, 5) is 49.4. The van der Waals surface area contributed by atoms with E-state index in [1.54, 1.807) is 12.1 Å². The first-order chi connectivity index (χ1) is 16.4. The van der Waals surface area contributed by atoms with Crippen molar-refractivity contribution in [2.45, 2.75) is 24.9 Å². The van der Waals surface area contributed by atoms with Crippen LogP contribution < -0.4 is 10.6 Å². The number of hydrogen-bond acceptors (Lipinski definition) is 9. The Bertz CT molecular complexity index is 1030. The molecule has 2 amide bonds. The lowest BCUT2D eigenvalue weighted by molar-refractivity contribution is -0.150. The molecule has 2 heterocycles. The minimum absolute atomic E-state index is 0.00428. The molecule has 0 bridgehead atoms. The van der Waals surface area contributed by atoms with Crippen LogP contribution in [-0.4, -0.2) is 63.0 Å². The predicted molar refractivity (Wildman–Crippen MR) is 121 cm³/mol. The van der Waals surface area contributed by atoms with Crippen LogP contribution in [-0.2, 0) is 28.6 Å². The monoisotopic (exact) mass is 487 g/mol. The van der Waals surface area contributed by atoms with E-state index in [4.69, 9.17) is 14.2 Å². The van der Waals surface area contributed by atoms with Crippen molar-refractivity contribution in [2.75, 3.05) is 33.1 Å². The Morgan fingerprint density at radius 2 is 1.97 bits per heavy atom. The van der Waals surface area contributed by atoms with Crippen molar-refractivity contribution in [2.24, 2.45) is 5.92 Å². The predicted octanol–water partition coefficient (Wildman–Crippen LogP) is 1.24. The lowest BCUT2D eigenvalue weighted by atomic mass is 9.78. The zero-order valence-electron chi connectivity index (χ0n) is 18.8. The lowest BCUT2D eigenvalue weighted by Crippen LogP contribution is -2.44. The largest absolute Gasteiger partial charge is 0.468 e. The van der Waals surface area contributed by atoms with Gasteiger partial charge in [0.15, 0.2) is 0 Å². The zero-order valence-corrected chi connectivity index (χ0v) is 19.6. The highest BCUT2D eigenvalue weighted by atomic mass is 32.2. The number of benzene rings is 1. The molecule has 3 rings (SSSR count). The maximum absolute atomic E-state index is 12.9. The first kappa shape index (κ1) is 25.3. The second-order valence-electron chi connectivity index (χ2n) is 7.66. The molecule has 2 aliphatic heterocycles. The first-order valence-corrected chi connectivity index (χ1v) is 11.6. The summed E-state index contributed by atoms with van der Waals surface area (Å²) in [6.07, 6.45) is 1.84. The number of nitrogens with zero attached hydrogens (tertiary/aromatic N) is 1. The summed E-state index contributed by atoms with van der Waals surface area (Å²) in [6, 6.07) is 8.16. The molecule has 2 aliphatic rings. The van der Waals surface area contributed by atoms with Crippen LogP contribution in [0.4, 0.5) is 0 Å². The molecule has 0 unspecified atom stereocenters. The SMILES string of the molecule is COC(=O)c1ccc([C@@H]2C(C#N)=C(SCC(=O)NC[C@H]3CCCO3)NC(=O)[C@@H]2C(=O)OC)cc1. The van der Waals surface area contributed by atoms with Gasteiger partial charge in [-0.1, -0.05) is 23.9 Å². The third kappa shape index (κ3) is 5.76. The number of thioether (sulfide) groups is 1. The van der Waals surface area contributed by atoms with Gasteiger partial charge in [-0.25, -0.2) is 4.79 Å². The number of rotatable bonds is 8. The summed E-state index contributed by atoms with van der Waals surface area (Å²) in [6.45, 7) is 1.08. The Kier molecular flexibility index (Phi) is 8.67. The third-order valence-electron chi connectivity index (χ3n) is 5.57. The molecular formula is C23H25N3O7S. The van der Waals surface area contributed by atoms with E-state index in [0.29, 0.717) is 18.7 Å². The fraction of sp³-hybridized carbons (Fsp3) is 0.435. The van der Waals surface area contributed by atoms with Crippen molar-refractivity contribution in [3.05, 3.63) is 46.0 Å². The van der Waals surface area contributed by atoms with Gasteiger partial charge < -0.3 is 24.8 Å². The molecule has 3 atom stereocenters. The smallest absolute Gasteiger partial charge is 0.337 e. The van der Waals surface area contributed by atoms with Gasteiger partial charge in [0, 0.05) is 19.1 Å². The molecule has 34 heavy (non-hydrogen) atoms. The van der Waals surface area contributed by atoms with Crippen molar-refractivity contribution in [3.63, 3.8) is 0 Å². The first-order valence-electron chi connectivity index (χ1n) is 10.6. The Morgan fingerprint density at radius 3 is 2.56 bits per heavy atom. The maximum Gasteiger partial charge on any atom is 0.337 e. The molecule has 2 N–H and O–H groups in total. The number of nitrogens with one attached hydrogen (secondary N) is 2. The molecular weight excluding hydrogens is 462 g/mol. The minimum atomic E-state index is -1.30. The molecule has 1 aromatic rings. The van der Waals surface area contributed by atoms with Gasteiger partial charge in [-0.3, -0.25) is 14.4 Å².